The third kappa shape index (κ3) is 4.78. The molecule has 3 atom stereocenters. The van der Waals surface area contributed by atoms with Gasteiger partial charge in [-0.05, 0) is 32.9 Å². The van der Waals surface area contributed by atoms with Crippen LogP contribution in [0.5, 0.6) is 5.75 Å². The molecular formula is C16H25NO3. The number of morpholine rings is 1. The molecule has 1 aromatic carbocycles. The number of benzene rings is 1. The average molecular weight is 279 g/mol. The van der Waals surface area contributed by atoms with Gasteiger partial charge >= 0.3 is 0 Å². The molecule has 0 bridgehead atoms. The molecule has 1 fully saturated rings. The van der Waals surface area contributed by atoms with Crippen LogP contribution < -0.4 is 4.74 Å². The minimum Gasteiger partial charge on any atom is -0.491 e. The lowest BCUT2D eigenvalue weighted by Crippen LogP contribution is -2.48. The van der Waals surface area contributed by atoms with Gasteiger partial charge in [-0.25, -0.2) is 0 Å². The molecule has 0 radical (unpaired) electrons. The van der Waals surface area contributed by atoms with E-state index in [2.05, 4.69) is 18.7 Å². The van der Waals surface area contributed by atoms with Crippen LogP contribution in [0, 0.1) is 6.92 Å². The Morgan fingerprint density at radius 1 is 1.25 bits per heavy atom. The van der Waals surface area contributed by atoms with E-state index < -0.39 is 6.10 Å². The Kier molecular flexibility index (Phi) is 5.40. The van der Waals surface area contributed by atoms with Gasteiger partial charge in [-0.15, -0.1) is 0 Å². The van der Waals surface area contributed by atoms with Crippen LogP contribution in [0.4, 0.5) is 0 Å². The van der Waals surface area contributed by atoms with Gasteiger partial charge in [-0.2, -0.15) is 0 Å². The van der Waals surface area contributed by atoms with Crippen molar-refractivity contribution in [3.8, 4) is 5.75 Å². The number of nitrogens with zero attached hydrogens (tertiary/aromatic N) is 1. The summed E-state index contributed by atoms with van der Waals surface area (Å²) in [6.07, 6.45) is -0.0262. The molecular weight excluding hydrogens is 254 g/mol. The average Bonchev–Trinajstić information content (AvgIpc) is 2.37. The largest absolute Gasteiger partial charge is 0.491 e. The van der Waals surface area contributed by atoms with Gasteiger partial charge in [-0.3, -0.25) is 4.90 Å². The van der Waals surface area contributed by atoms with E-state index in [0.29, 0.717) is 13.2 Å². The van der Waals surface area contributed by atoms with Crippen LogP contribution in [0.25, 0.3) is 0 Å². The fourth-order valence-corrected chi connectivity index (χ4v) is 2.61. The van der Waals surface area contributed by atoms with E-state index in [4.69, 9.17) is 9.47 Å². The van der Waals surface area contributed by atoms with Gasteiger partial charge < -0.3 is 14.6 Å². The second-order valence-corrected chi connectivity index (χ2v) is 5.75. The van der Waals surface area contributed by atoms with Gasteiger partial charge in [0.05, 0.1) is 12.2 Å². The summed E-state index contributed by atoms with van der Waals surface area (Å²) in [4.78, 5) is 2.24. The van der Waals surface area contributed by atoms with Crippen LogP contribution >= 0.6 is 0 Å². The first kappa shape index (κ1) is 15.3. The Bertz CT molecular complexity index is 397. The third-order valence-electron chi connectivity index (χ3n) is 3.43. The lowest BCUT2D eigenvalue weighted by Gasteiger charge is -2.36. The van der Waals surface area contributed by atoms with Gasteiger partial charge in [-0.1, -0.05) is 17.7 Å². The summed E-state index contributed by atoms with van der Waals surface area (Å²) < 4.78 is 11.3. The van der Waals surface area contributed by atoms with E-state index in [1.54, 1.807) is 0 Å². The molecule has 1 heterocycles. The highest BCUT2D eigenvalue weighted by molar-refractivity contribution is 5.26. The van der Waals surface area contributed by atoms with E-state index in [1.807, 2.05) is 31.2 Å². The highest BCUT2D eigenvalue weighted by Gasteiger charge is 2.23. The molecule has 0 aromatic heterocycles. The predicted molar refractivity (Wildman–Crippen MR) is 79.1 cm³/mol. The molecule has 0 aliphatic carbocycles. The molecule has 1 aromatic rings. The summed E-state index contributed by atoms with van der Waals surface area (Å²) in [5, 5.41) is 10.1. The zero-order chi connectivity index (χ0) is 14.5. The van der Waals surface area contributed by atoms with Crippen molar-refractivity contribution in [2.75, 3.05) is 26.2 Å². The second-order valence-electron chi connectivity index (χ2n) is 5.75. The summed E-state index contributed by atoms with van der Waals surface area (Å²) in [6.45, 7) is 8.86. The van der Waals surface area contributed by atoms with Crippen LogP contribution in [0.3, 0.4) is 0 Å². The Morgan fingerprint density at radius 2 is 1.85 bits per heavy atom. The zero-order valence-corrected chi connectivity index (χ0v) is 12.6. The molecule has 0 saturated carbocycles. The number of hydrogen-bond acceptors (Lipinski definition) is 4. The zero-order valence-electron chi connectivity index (χ0n) is 12.6. The van der Waals surface area contributed by atoms with Crippen molar-refractivity contribution in [2.24, 2.45) is 0 Å². The molecule has 112 valence electrons. The SMILES string of the molecule is Cc1ccc(OC[C@H](O)CN2C[C@@H](C)O[C@@H](C)C2)cc1. The summed E-state index contributed by atoms with van der Waals surface area (Å²) in [5.74, 6) is 0.804. The number of ether oxygens (including phenoxy) is 2. The number of hydrogen-bond donors (Lipinski definition) is 1. The number of aryl methyl sites for hydroxylation is 1. The highest BCUT2D eigenvalue weighted by Crippen LogP contribution is 2.13. The van der Waals surface area contributed by atoms with E-state index in [-0.39, 0.29) is 12.2 Å². The Balaban J connectivity index is 1.74. The van der Waals surface area contributed by atoms with E-state index in [9.17, 15) is 5.11 Å². The fourth-order valence-electron chi connectivity index (χ4n) is 2.61. The maximum absolute atomic E-state index is 10.1. The first-order valence-electron chi connectivity index (χ1n) is 7.28. The molecule has 0 amide bonds. The van der Waals surface area contributed by atoms with Crippen molar-refractivity contribution in [2.45, 2.75) is 39.1 Å². The van der Waals surface area contributed by atoms with Crippen LogP contribution in [0.2, 0.25) is 0 Å². The molecule has 4 heteroatoms. The number of aliphatic hydroxyl groups is 1. The Morgan fingerprint density at radius 3 is 2.45 bits per heavy atom. The van der Waals surface area contributed by atoms with E-state index >= 15 is 0 Å². The molecule has 20 heavy (non-hydrogen) atoms. The van der Waals surface area contributed by atoms with Gasteiger partial charge in [0.25, 0.3) is 0 Å². The summed E-state index contributed by atoms with van der Waals surface area (Å²) in [7, 11) is 0. The number of aliphatic hydroxyl groups excluding tert-OH is 1. The maximum Gasteiger partial charge on any atom is 0.119 e. The molecule has 4 nitrogen and oxygen atoms in total. The molecule has 0 spiro atoms. The number of rotatable bonds is 5. The molecule has 1 aliphatic rings. The van der Waals surface area contributed by atoms with Crippen molar-refractivity contribution >= 4 is 0 Å². The normalized spacial score (nSPS) is 25.4. The minimum absolute atomic E-state index is 0.226. The monoisotopic (exact) mass is 279 g/mol. The standard InChI is InChI=1S/C16H25NO3/c1-12-4-6-16(7-5-12)19-11-15(18)10-17-8-13(2)20-14(3)9-17/h4-7,13-15,18H,8-11H2,1-3H3/t13-,14+,15-/m1/s1. The first-order chi connectivity index (χ1) is 9.52. The molecule has 0 unspecified atom stereocenters. The molecule has 1 aliphatic heterocycles. The van der Waals surface area contributed by atoms with Crippen LogP contribution in [-0.2, 0) is 4.74 Å². The van der Waals surface area contributed by atoms with E-state index in [0.717, 1.165) is 18.8 Å². The van der Waals surface area contributed by atoms with Crippen LogP contribution in [0.15, 0.2) is 24.3 Å². The Hall–Kier alpha value is -1.10. The van der Waals surface area contributed by atoms with Crippen molar-refractivity contribution in [1.29, 1.82) is 0 Å². The first-order valence-corrected chi connectivity index (χ1v) is 7.28. The molecule has 1 N–H and O–H groups in total. The summed E-state index contributed by atoms with van der Waals surface area (Å²) in [5.41, 5.74) is 1.20. The Labute approximate surface area is 121 Å². The van der Waals surface area contributed by atoms with Crippen molar-refractivity contribution in [1.82, 2.24) is 4.90 Å². The lowest BCUT2D eigenvalue weighted by atomic mass is 10.2. The van der Waals surface area contributed by atoms with Gasteiger partial charge in [0.1, 0.15) is 18.5 Å². The quantitative estimate of drug-likeness (QED) is 0.893. The van der Waals surface area contributed by atoms with Crippen molar-refractivity contribution in [3.63, 3.8) is 0 Å². The summed E-state index contributed by atoms with van der Waals surface area (Å²) in [6, 6.07) is 7.88. The minimum atomic E-state index is -0.478. The molecule has 2 rings (SSSR count). The van der Waals surface area contributed by atoms with E-state index in [1.165, 1.54) is 5.56 Å². The molecule has 1 saturated heterocycles. The second kappa shape index (κ2) is 7.07. The smallest absolute Gasteiger partial charge is 0.119 e. The number of β-amino-alcohol motifs (C(OH)–C–C–N with tert-alkyl or cyclic N) is 1. The predicted octanol–water partition coefficient (Wildman–Crippen LogP) is 1.84. The maximum atomic E-state index is 10.1. The van der Waals surface area contributed by atoms with Crippen molar-refractivity contribution < 1.29 is 14.6 Å². The topological polar surface area (TPSA) is 41.9 Å². The lowest BCUT2D eigenvalue weighted by molar-refractivity contribution is -0.0786. The van der Waals surface area contributed by atoms with Crippen LogP contribution in [0.1, 0.15) is 19.4 Å². The summed E-state index contributed by atoms with van der Waals surface area (Å²) >= 11 is 0. The van der Waals surface area contributed by atoms with Gasteiger partial charge in [0.15, 0.2) is 0 Å². The highest BCUT2D eigenvalue weighted by atomic mass is 16.5. The van der Waals surface area contributed by atoms with Gasteiger partial charge in [0, 0.05) is 19.6 Å². The van der Waals surface area contributed by atoms with Crippen LogP contribution in [-0.4, -0.2) is 54.6 Å². The third-order valence-corrected chi connectivity index (χ3v) is 3.43. The van der Waals surface area contributed by atoms with Crippen molar-refractivity contribution in [3.05, 3.63) is 29.8 Å². The fraction of sp³-hybridized carbons (Fsp3) is 0.625. The van der Waals surface area contributed by atoms with Gasteiger partial charge in [0.2, 0.25) is 0 Å².